The Labute approximate surface area is 99.9 Å². The van der Waals surface area contributed by atoms with Crippen molar-refractivity contribution in [1.29, 1.82) is 0 Å². The number of rotatable bonds is 3. The molecule has 0 saturated carbocycles. The third-order valence-electron chi connectivity index (χ3n) is 2.78. The molecular weight excluding hydrogens is 216 g/mol. The Kier molecular flexibility index (Phi) is 2.95. The van der Waals surface area contributed by atoms with Gasteiger partial charge in [-0.25, -0.2) is 4.98 Å². The van der Waals surface area contributed by atoms with Gasteiger partial charge in [0.2, 0.25) is 5.95 Å². The second-order valence-corrected chi connectivity index (χ2v) is 3.99. The number of nitrogens with zero attached hydrogens (tertiary/aromatic N) is 4. The SMILES string of the molecule is Cc1cnc(NCc2cnn(C)c2C)nc1N. The van der Waals surface area contributed by atoms with E-state index in [9.17, 15) is 0 Å². The van der Waals surface area contributed by atoms with E-state index in [-0.39, 0.29) is 0 Å². The Balaban J connectivity index is 2.07. The Bertz CT molecular complexity index is 531. The quantitative estimate of drug-likeness (QED) is 0.825. The van der Waals surface area contributed by atoms with E-state index in [4.69, 9.17) is 5.73 Å². The van der Waals surface area contributed by atoms with Crippen LogP contribution in [0.2, 0.25) is 0 Å². The van der Waals surface area contributed by atoms with Crippen LogP contribution in [0.1, 0.15) is 16.8 Å². The molecule has 3 N–H and O–H groups in total. The van der Waals surface area contributed by atoms with Gasteiger partial charge in [-0.15, -0.1) is 0 Å². The maximum Gasteiger partial charge on any atom is 0.224 e. The topological polar surface area (TPSA) is 81.7 Å². The van der Waals surface area contributed by atoms with Gasteiger partial charge in [0.05, 0.1) is 6.20 Å². The Morgan fingerprint density at radius 2 is 2.12 bits per heavy atom. The first-order valence-corrected chi connectivity index (χ1v) is 5.38. The average molecular weight is 232 g/mol. The lowest BCUT2D eigenvalue weighted by atomic mass is 10.2. The van der Waals surface area contributed by atoms with Crippen LogP contribution in [-0.4, -0.2) is 19.7 Å². The number of hydrogen-bond donors (Lipinski definition) is 2. The van der Waals surface area contributed by atoms with Crippen molar-refractivity contribution in [2.24, 2.45) is 7.05 Å². The van der Waals surface area contributed by atoms with Crippen LogP contribution in [0.4, 0.5) is 11.8 Å². The molecule has 2 aromatic heterocycles. The van der Waals surface area contributed by atoms with Crippen LogP contribution >= 0.6 is 0 Å². The van der Waals surface area contributed by atoms with E-state index in [0.717, 1.165) is 16.8 Å². The molecule has 0 aliphatic carbocycles. The minimum atomic E-state index is 0.505. The minimum Gasteiger partial charge on any atom is -0.383 e. The lowest BCUT2D eigenvalue weighted by Crippen LogP contribution is -2.06. The minimum absolute atomic E-state index is 0.505. The highest BCUT2D eigenvalue weighted by Crippen LogP contribution is 2.11. The van der Waals surface area contributed by atoms with Gasteiger partial charge < -0.3 is 11.1 Å². The van der Waals surface area contributed by atoms with Crippen LogP contribution < -0.4 is 11.1 Å². The van der Waals surface area contributed by atoms with E-state index >= 15 is 0 Å². The molecule has 0 radical (unpaired) electrons. The summed E-state index contributed by atoms with van der Waals surface area (Å²) in [5.74, 6) is 1.04. The summed E-state index contributed by atoms with van der Waals surface area (Å²) in [4.78, 5) is 8.31. The number of anilines is 2. The van der Waals surface area contributed by atoms with E-state index in [0.29, 0.717) is 18.3 Å². The lowest BCUT2D eigenvalue weighted by Gasteiger charge is -2.06. The molecular formula is C11H16N6. The molecule has 2 aromatic rings. The van der Waals surface area contributed by atoms with Crippen LogP contribution in [0.5, 0.6) is 0 Å². The first kappa shape index (κ1) is 11.4. The summed E-state index contributed by atoms with van der Waals surface area (Å²) < 4.78 is 1.83. The molecule has 17 heavy (non-hydrogen) atoms. The van der Waals surface area contributed by atoms with Crippen LogP contribution in [0.15, 0.2) is 12.4 Å². The van der Waals surface area contributed by atoms with Crippen LogP contribution in [0.3, 0.4) is 0 Å². The summed E-state index contributed by atoms with van der Waals surface area (Å²) in [5, 5.41) is 7.30. The summed E-state index contributed by atoms with van der Waals surface area (Å²) in [7, 11) is 1.92. The third-order valence-corrected chi connectivity index (χ3v) is 2.78. The van der Waals surface area contributed by atoms with E-state index in [1.165, 1.54) is 0 Å². The highest BCUT2D eigenvalue weighted by atomic mass is 15.3. The lowest BCUT2D eigenvalue weighted by molar-refractivity contribution is 0.738. The summed E-state index contributed by atoms with van der Waals surface area (Å²) in [5.41, 5.74) is 8.84. The highest BCUT2D eigenvalue weighted by molar-refractivity contribution is 5.42. The zero-order valence-electron chi connectivity index (χ0n) is 10.2. The van der Waals surface area contributed by atoms with Crippen molar-refractivity contribution in [2.75, 3.05) is 11.1 Å². The molecule has 0 unspecified atom stereocenters. The number of hydrogen-bond acceptors (Lipinski definition) is 5. The Hall–Kier alpha value is -2.11. The molecule has 0 amide bonds. The van der Waals surface area contributed by atoms with Gasteiger partial charge in [-0.3, -0.25) is 4.68 Å². The number of aromatic nitrogens is 4. The monoisotopic (exact) mass is 232 g/mol. The molecule has 2 heterocycles. The molecule has 6 heteroatoms. The molecule has 2 rings (SSSR count). The van der Waals surface area contributed by atoms with Crippen molar-refractivity contribution in [3.8, 4) is 0 Å². The zero-order chi connectivity index (χ0) is 12.4. The Morgan fingerprint density at radius 1 is 1.35 bits per heavy atom. The van der Waals surface area contributed by atoms with Crippen molar-refractivity contribution in [2.45, 2.75) is 20.4 Å². The van der Waals surface area contributed by atoms with Gasteiger partial charge in [-0.05, 0) is 13.8 Å². The second kappa shape index (κ2) is 4.40. The molecule has 0 bridgehead atoms. The summed E-state index contributed by atoms with van der Waals surface area (Å²) in [6.07, 6.45) is 3.54. The van der Waals surface area contributed by atoms with Crippen molar-refractivity contribution in [3.63, 3.8) is 0 Å². The fraction of sp³-hybridized carbons (Fsp3) is 0.364. The van der Waals surface area contributed by atoms with Gasteiger partial charge in [0, 0.05) is 36.6 Å². The number of aryl methyl sites for hydroxylation is 2. The average Bonchev–Trinajstić information content (AvgIpc) is 2.62. The number of nitrogen functional groups attached to an aromatic ring is 1. The first-order valence-electron chi connectivity index (χ1n) is 5.38. The second-order valence-electron chi connectivity index (χ2n) is 3.99. The molecule has 0 fully saturated rings. The van der Waals surface area contributed by atoms with Crippen molar-refractivity contribution < 1.29 is 0 Å². The van der Waals surface area contributed by atoms with E-state index < -0.39 is 0 Å². The summed E-state index contributed by atoms with van der Waals surface area (Å²) in [6.45, 7) is 4.54. The standard InChI is InChI=1S/C11H16N6/c1-7-4-13-11(16-10(7)12)14-5-9-6-15-17(3)8(9)2/h4,6H,5H2,1-3H3,(H3,12,13,14,16). The molecule has 0 aliphatic rings. The van der Waals surface area contributed by atoms with Gasteiger partial charge >= 0.3 is 0 Å². The van der Waals surface area contributed by atoms with E-state index in [1.54, 1.807) is 6.20 Å². The smallest absolute Gasteiger partial charge is 0.224 e. The van der Waals surface area contributed by atoms with Crippen molar-refractivity contribution >= 4 is 11.8 Å². The summed E-state index contributed by atoms with van der Waals surface area (Å²) >= 11 is 0. The van der Waals surface area contributed by atoms with E-state index in [1.807, 2.05) is 31.8 Å². The van der Waals surface area contributed by atoms with Gasteiger partial charge in [-0.1, -0.05) is 0 Å². The predicted molar refractivity (Wildman–Crippen MR) is 66.5 cm³/mol. The van der Waals surface area contributed by atoms with Crippen molar-refractivity contribution in [1.82, 2.24) is 19.7 Å². The number of nitrogens with two attached hydrogens (primary N) is 1. The molecule has 0 saturated heterocycles. The van der Waals surface area contributed by atoms with Gasteiger partial charge in [0.1, 0.15) is 5.82 Å². The summed E-state index contributed by atoms with van der Waals surface area (Å²) in [6, 6.07) is 0. The normalized spacial score (nSPS) is 10.5. The maximum absolute atomic E-state index is 5.72. The fourth-order valence-corrected chi connectivity index (χ4v) is 1.43. The highest BCUT2D eigenvalue weighted by Gasteiger charge is 2.05. The predicted octanol–water partition coefficient (Wildman–Crippen LogP) is 1.02. The van der Waals surface area contributed by atoms with Crippen LogP contribution in [0, 0.1) is 13.8 Å². The van der Waals surface area contributed by atoms with Crippen LogP contribution in [-0.2, 0) is 13.6 Å². The number of nitrogens with one attached hydrogen (secondary N) is 1. The molecule has 0 aromatic carbocycles. The molecule has 0 spiro atoms. The molecule has 90 valence electrons. The van der Waals surface area contributed by atoms with Crippen molar-refractivity contribution in [3.05, 3.63) is 29.2 Å². The fourth-order valence-electron chi connectivity index (χ4n) is 1.43. The Morgan fingerprint density at radius 3 is 2.71 bits per heavy atom. The van der Waals surface area contributed by atoms with Crippen LogP contribution in [0.25, 0.3) is 0 Å². The van der Waals surface area contributed by atoms with Gasteiger partial charge in [0.15, 0.2) is 0 Å². The van der Waals surface area contributed by atoms with Gasteiger partial charge in [-0.2, -0.15) is 10.1 Å². The molecule has 6 nitrogen and oxygen atoms in total. The van der Waals surface area contributed by atoms with Gasteiger partial charge in [0.25, 0.3) is 0 Å². The zero-order valence-corrected chi connectivity index (χ0v) is 10.2. The molecule has 0 aliphatic heterocycles. The molecule has 0 atom stereocenters. The maximum atomic E-state index is 5.72. The third kappa shape index (κ3) is 2.35. The first-order chi connectivity index (χ1) is 8.08. The van der Waals surface area contributed by atoms with E-state index in [2.05, 4.69) is 20.4 Å². The largest absolute Gasteiger partial charge is 0.383 e.